The maximum Gasteiger partial charge on any atom is 0.331 e. The molecule has 1 saturated carbocycles. The van der Waals surface area contributed by atoms with Crippen LogP contribution >= 0.6 is 0 Å². The van der Waals surface area contributed by atoms with E-state index in [9.17, 15) is 4.79 Å². The summed E-state index contributed by atoms with van der Waals surface area (Å²) in [4.78, 5) is 12.0. The number of allylic oxidation sites excluding steroid dienone is 1. The Morgan fingerprint density at radius 1 is 1.23 bits per heavy atom. The van der Waals surface area contributed by atoms with Crippen molar-refractivity contribution < 1.29 is 9.53 Å². The molecule has 1 aliphatic carbocycles. The van der Waals surface area contributed by atoms with Gasteiger partial charge in [-0.2, -0.15) is 0 Å². The van der Waals surface area contributed by atoms with E-state index in [-0.39, 0.29) is 5.97 Å². The lowest BCUT2D eigenvalue weighted by Gasteiger charge is -2.19. The molecule has 0 spiro atoms. The first-order valence-corrected chi connectivity index (χ1v) is 8.39. The molecular formula is C20H28O2. The van der Waals surface area contributed by atoms with Gasteiger partial charge in [-0.1, -0.05) is 42.3 Å². The van der Waals surface area contributed by atoms with Crippen LogP contribution < -0.4 is 0 Å². The lowest BCUT2D eigenvalue weighted by Crippen LogP contribution is -2.22. The number of hydrogen-bond donors (Lipinski definition) is 0. The number of carbonyl (C=O) groups is 1. The van der Waals surface area contributed by atoms with E-state index in [0.717, 1.165) is 19.3 Å². The molecule has 1 unspecified atom stereocenters. The summed E-state index contributed by atoms with van der Waals surface area (Å²) >= 11 is 0. The van der Waals surface area contributed by atoms with Crippen LogP contribution in [0, 0.1) is 5.92 Å². The molecule has 0 N–H and O–H groups in total. The van der Waals surface area contributed by atoms with E-state index in [4.69, 9.17) is 4.74 Å². The molecule has 0 amide bonds. The van der Waals surface area contributed by atoms with Gasteiger partial charge in [0.25, 0.3) is 0 Å². The largest absolute Gasteiger partial charge is 0.457 e. The first-order chi connectivity index (χ1) is 10.4. The van der Waals surface area contributed by atoms with E-state index in [2.05, 4.69) is 30.3 Å². The number of hydrogen-bond acceptors (Lipinski definition) is 2. The molecule has 22 heavy (non-hydrogen) atoms. The van der Waals surface area contributed by atoms with Gasteiger partial charge in [0.1, 0.15) is 5.60 Å². The van der Waals surface area contributed by atoms with Crippen molar-refractivity contribution in [2.24, 2.45) is 5.92 Å². The van der Waals surface area contributed by atoms with Gasteiger partial charge in [0.05, 0.1) is 0 Å². The van der Waals surface area contributed by atoms with E-state index < -0.39 is 5.60 Å². The summed E-state index contributed by atoms with van der Waals surface area (Å²) in [6.45, 7) is 5.73. The highest BCUT2D eigenvalue weighted by atomic mass is 16.6. The summed E-state index contributed by atoms with van der Waals surface area (Å²) in [7, 11) is 0. The monoisotopic (exact) mass is 300 g/mol. The molecule has 0 radical (unpaired) electrons. The fourth-order valence-corrected chi connectivity index (χ4v) is 3.11. The first-order valence-electron chi connectivity index (χ1n) is 8.39. The maximum absolute atomic E-state index is 12.0. The van der Waals surface area contributed by atoms with E-state index in [1.54, 1.807) is 6.08 Å². The Kier molecular flexibility index (Phi) is 5.82. The Morgan fingerprint density at radius 3 is 2.64 bits per heavy atom. The molecule has 0 aliphatic heterocycles. The van der Waals surface area contributed by atoms with Crippen LogP contribution in [-0.4, -0.2) is 11.6 Å². The van der Waals surface area contributed by atoms with Gasteiger partial charge in [-0.15, -0.1) is 0 Å². The van der Waals surface area contributed by atoms with E-state index in [1.165, 1.54) is 30.4 Å². The Labute approximate surface area is 134 Å². The van der Waals surface area contributed by atoms with Crippen molar-refractivity contribution in [1.29, 1.82) is 0 Å². The van der Waals surface area contributed by atoms with Gasteiger partial charge in [0.15, 0.2) is 0 Å². The van der Waals surface area contributed by atoms with Gasteiger partial charge in [-0.05, 0) is 64.4 Å². The molecule has 2 rings (SSSR count). The van der Waals surface area contributed by atoms with Crippen LogP contribution in [0.1, 0.15) is 58.4 Å². The van der Waals surface area contributed by atoms with Crippen LogP contribution in [0.3, 0.4) is 0 Å². The van der Waals surface area contributed by atoms with Gasteiger partial charge in [-0.3, -0.25) is 0 Å². The average molecular weight is 300 g/mol. The number of rotatable bonds is 3. The average Bonchev–Trinajstić information content (AvgIpc) is 2.63. The Balaban J connectivity index is 1.99. The molecule has 120 valence electrons. The van der Waals surface area contributed by atoms with Crippen molar-refractivity contribution in [3.63, 3.8) is 0 Å². The smallest absolute Gasteiger partial charge is 0.331 e. The maximum atomic E-state index is 12.0. The van der Waals surface area contributed by atoms with Gasteiger partial charge in [0.2, 0.25) is 0 Å². The molecule has 2 nitrogen and oxygen atoms in total. The predicted molar refractivity (Wildman–Crippen MR) is 90.6 cm³/mol. The van der Waals surface area contributed by atoms with Crippen LogP contribution in [0.4, 0.5) is 0 Å². The van der Waals surface area contributed by atoms with Crippen molar-refractivity contribution in [2.45, 2.75) is 64.9 Å². The number of esters is 1. The third-order valence-corrected chi connectivity index (χ3v) is 4.01. The molecule has 2 heteroatoms. The van der Waals surface area contributed by atoms with Crippen LogP contribution in [0.15, 0.2) is 42.0 Å². The predicted octanol–water partition coefficient (Wildman–Crippen LogP) is 5.08. The summed E-state index contributed by atoms with van der Waals surface area (Å²) in [5.74, 6) is 0.446. The second-order valence-electron chi connectivity index (χ2n) is 7.34. The lowest BCUT2D eigenvalue weighted by molar-refractivity contribution is -0.148. The highest BCUT2D eigenvalue weighted by Crippen LogP contribution is 2.30. The van der Waals surface area contributed by atoms with Crippen LogP contribution in [0.5, 0.6) is 0 Å². The zero-order valence-corrected chi connectivity index (χ0v) is 14.1. The third-order valence-electron chi connectivity index (χ3n) is 4.01. The Morgan fingerprint density at radius 2 is 1.95 bits per heavy atom. The fourth-order valence-electron chi connectivity index (χ4n) is 3.11. The van der Waals surface area contributed by atoms with Gasteiger partial charge in [0, 0.05) is 6.08 Å². The summed E-state index contributed by atoms with van der Waals surface area (Å²) in [5, 5.41) is 0. The van der Waals surface area contributed by atoms with Gasteiger partial charge < -0.3 is 4.74 Å². The Bertz CT molecular complexity index is 508. The minimum absolute atomic E-state index is 0.192. The second kappa shape index (κ2) is 7.62. The molecule has 1 atom stereocenters. The number of carbonyl (C=O) groups excluding carboxylic acids is 1. The normalized spacial score (nSPS) is 21.4. The standard InChI is InChI=1S/C20H28O2/c1-20(2,3)22-19(21)15-18-12-8-7-11-17(14-18)13-16-9-5-4-6-10-16/h4-6,9-10,15,17H,7-8,11-14H2,1-3H3/b18-15-. The zero-order chi connectivity index (χ0) is 16.0. The minimum Gasteiger partial charge on any atom is -0.457 e. The van der Waals surface area contributed by atoms with E-state index >= 15 is 0 Å². The van der Waals surface area contributed by atoms with Gasteiger partial charge >= 0.3 is 5.97 Å². The highest BCUT2D eigenvalue weighted by molar-refractivity contribution is 5.83. The quantitative estimate of drug-likeness (QED) is 0.442. The molecule has 0 bridgehead atoms. The molecular weight excluding hydrogens is 272 g/mol. The second-order valence-corrected chi connectivity index (χ2v) is 7.34. The van der Waals surface area contributed by atoms with Crippen molar-refractivity contribution >= 4 is 5.97 Å². The zero-order valence-electron chi connectivity index (χ0n) is 14.1. The molecule has 0 saturated heterocycles. The third kappa shape index (κ3) is 6.05. The van der Waals surface area contributed by atoms with Gasteiger partial charge in [-0.25, -0.2) is 4.79 Å². The van der Waals surface area contributed by atoms with E-state index in [0.29, 0.717) is 5.92 Å². The highest BCUT2D eigenvalue weighted by Gasteiger charge is 2.19. The van der Waals surface area contributed by atoms with Crippen LogP contribution in [0.2, 0.25) is 0 Å². The molecule has 1 aromatic carbocycles. The fraction of sp³-hybridized carbons (Fsp3) is 0.550. The topological polar surface area (TPSA) is 26.3 Å². The first kappa shape index (κ1) is 16.8. The number of benzene rings is 1. The van der Waals surface area contributed by atoms with Crippen molar-refractivity contribution in [1.82, 2.24) is 0 Å². The minimum atomic E-state index is -0.414. The van der Waals surface area contributed by atoms with Crippen LogP contribution in [0.25, 0.3) is 0 Å². The molecule has 1 fully saturated rings. The number of ether oxygens (including phenoxy) is 1. The summed E-state index contributed by atoms with van der Waals surface area (Å²) < 4.78 is 5.42. The summed E-state index contributed by atoms with van der Waals surface area (Å²) in [6.07, 6.45) is 8.59. The van der Waals surface area contributed by atoms with Crippen molar-refractivity contribution in [2.75, 3.05) is 0 Å². The van der Waals surface area contributed by atoms with E-state index in [1.807, 2.05) is 20.8 Å². The summed E-state index contributed by atoms with van der Waals surface area (Å²) in [5.41, 5.74) is 2.24. The molecule has 0 aromatic heterocycles. The molecule has 0 heterocycles. The summed E-state index contributed by atoms with van der Waals surface area (Å²) in [6, 6.07) is 10.7. The van der Waals surface area contributed by atoms with Crippen molar-refractivity contribution in [3.05, 3.63) is 47.5 Å². The molecule has 1 aromatic rings. The lowest BCUT2D eigenvalue weighted by atomic mass is 9.91. The Hall–Kier alpha value is -1.57. The van der Waals surface area contributed by atoms with Crippen molar-refractivity contribution in [3.8, 4) is 0 Å². The SMILES string of the molecule is CC(C)(C)OC(=O)/C=C1/CCCCC(Cc2ccccc2)C1. The molecule has 1 aliphatic rings. The van der Waals surface area contributed by atoms with Crippen LogP contribution in [-0.2, 0) is 16.0 Å².